The van der Waals surface area contributed by atoms with E-state index in [0.29, 0.717) is 12.8 Å². The second-order valence-electron chi connectivity index (χ2n) is 5.66. The van der Waals surface area contributed by atoms with Crippen LogP contribution in [0.5, 0.6) is 0 Å². The van der Waals surface area contributed by atoms with E-state index in [0.717, 1.165) is 12.8 Å². The predicted molar refractivity (Wildman–Crippen MR) is 71.0 cm³/mol. The summed E-state index contributed by atoms with van der Waals surface area (Å²) < 4.78 is 5.40. The van der Waals surface area contributed by atoms with Crippen LogP contribution >= 0.6 is 0 Å². The minimum Gasteiger partial charge on any atom is -0.478 e. The van der Waals surface area contributed by atoms with Crippen molar-refractivity contribution in [3.05, 3.63) is 11.6 Å². The van der Waals surface area contributed by atoms with Gasteiger partial charge in [-0.1, -0.05) is 19.8 Å². The fraction of sp³-hybridized carbons (Fsp3) is 0.667. The maximum atomic E-state index is 12.7. The molecule has 5 heteroatoms. The number of ketones is 1. The molecule has 2 aliphatic rings. The Morgan fingerprint density at radius 2 is 1.95 bits per heavy atom. The lowest BCUT2D eigenvalue weighted by molar-refractivity contribution is -0.183. The molecule has 110 valence electrons. The van der Waals surface area contributed by atoms with Crippen LogP contribution in [0.2, 0.25) is 0 Å². The van der Waals surface area contributed by atoms with Crippen LogP contribution < -0.4 is 0 Å². The van der Waals surface area contributed by atoms with Gasteiger partial charge >= 0.3 is 11.9 Å². The molecule has 1 aliphatic heterocycles. The van der Waals surface area contributed by atoms with Gasteiger partial charge in [-0.05, 0) is 32.3 Å². The zero-order valence-corrected chi connectivity index (χ0v) is 11.8. The van der Waals surface area contributed by atoms with E-state index in [1.807, 2.05) is 0 Å². The van der Waals surface area contributed by atoms with Gasteiger partial charge in [0.05, 0.1) is 5.92 Å². The number of carboxylic acid groups (broad SMARTS) is 1. The molecule has 5 nitrogen and oxygen atoms in total. The third-order valence-corrected chi connectivity index (χ3v) is 4.42. The average Bonchev–Trinajstić information content (AvgIpc) is 2.44. The van der Waals surface area contributed by atoms with E-state index in [1.54, 1.807) is 6.92 Å². The normalized spacial score (nSPS) is 34.4. The number of cyclic esters (lactones) is 1. The molecule has 0 aromatic heterocycles. The standard InChI is InChI=1S/C15H20O5/c1-3-15(8-9(2)13(17)18)12(16)10-6-4-5-7-11(10)14(19)20-15/h8,10-11H,3-7H2,1-2H3,(H,17,18). The van der Waals surface area contributed by atoms with Gasteiger partial charge in [0.1, 0.15) is 0 Å². The van der Waals surface area contributed by atoms with Crippen molar-refractivity contribution < 1.29 is 24.2 Å². The largest absolute Gasteiger partial charge is 0.478 e. The molecule has 3 unspecified atom stereocenters. The zero-order chi connectivity index (χ0) is 14.9. The highest BCUT2D eigenvalue weighted by Gasteiger charge is 2.53. The van der Waals surface area contributed by atoms with E-state index in [1.165, 1.54) is 13.0 Å². The van der Waals surface area contributed by atoms with Crippen molar-refractivity contribution in [3.8, 4) is 0 Å². The first-order chi connectivity index (χ1) is 9.41. The summed E-state index contributed by atoms with van der Waals surface area (Å²) in [5.41, 5.74) is -1.36. The van der Waals surface area contributed by atoms with Gasteiger partial charge in [-0.15, -0.1) is 0 Å². The number of aliphatic carboxylic acids is 1. The second-order valence-corrected chi connectivity index (χ2v) is 5.66. The summed E-state index contributed by atoms with van der Waals surface area (Å²) in [6, 6.07) is 0. The highest BCUT2D eigenvalue weighted by Crippen LogP contribution is 2.41. The van der Waals surface area contributed by atoms with Crippen LogP contribution in [0.15, 0.2) is 11.6 Å². The number of fused-ring (bicyclic) bond motifs is 1. The average molecular weight is 280 g/mol. The van der Waals surface area contributed by atoms with Gasteiger partial charge in [0.2, 0.25) is 0 Å². The van der Waals surface area contributed by atoms with Crippen molar-refractivity contribution in [2.45, 2.75) is 51.6 Å². The van der Waals surface area contributed by atoms with Crippen LogP contribution in [0.25, 0.3) is 0 Å². The highest BCUT2D eigenvalue weighted by molar-refractivity contribution is 6.00. The molecule has 2 rings (SSSR count). The van der Waals surface area contributed by atoms with E-state index in [-0.39, 0.29) is 35.6 Å². The summed E-state index contributed by atoms with van der Waals surface area (Å²) >= 11 is 0. The van der Waals surface area contributed by atoms with E-state index < -0.39 is 11.6 Å². The molecule has 1 N–H and O–H groups in total. The molecular formula is C15H20O5. The van der Waals surface area contributed by atoms with Crippen molar-refractivity contribution in [2.75, 3.05) is 0 Å². The predicted octanol–water partition coefficient (Wildman–Crippen LogP) is 2.10. The number of esters is 1. The van der Waals surface area contributed by atoms with E-state index in [4.69, 9.17) is 9.84 Å². The molecule has 0 spiro atoms. The Morgan fingerprint density at radius 1 is 1.35 bits per heavy atom. The van der Waals surface area contributed by atoms with E-state index >= 15 is 0 Å². The number of Topliss-reactive ketones (excluding diaryl/α,β-unsaturated/α-hetero) is 1. The molecule has 1 heterocycles. The first-order valence-corrected chi connectivity index (χ1v) is 7.11. The molecule has 1 aliphatic carbocycles. The fourth-order valence-corrected chi connectivity index (χ4v) is 3.21. The Balaban J connectivity index is 2.38. The monoisotopic (exact) mass is 280 g/mol. The van der Waals surface area contributed by atoms with Crippen LogP contribution in [-0.2, 0) is 19.1 Å². The molecule has 20 heavy (non-hydrogen) atoms. The molecular weight excluding hydrogens is 260 g/mol. The summed E-state index contributed by atoms with van der Waals surface area (Å²) in [4.78, 5) is 35.8. The lowest BCUT2D eigenvalue weighted by Crippen LogP contribution is -2.55. The van der Waals surface area contributed by atoms with Gasteiger partial charge in [-0.3, -0.25) is 9.59 Å². The quantitative estimate of drug-likeness (QED) is 0.632. The van der Waals surface area contributed by atoms with Crippen LogP contribution in [0.3, 0.4) is 0 Å². The van der Waals surface area contributed by atoms with E-state index in [2.05, 4.69) is 0 Å². The van der Waals surface area contributed by atoms with Crippen LogP contribution in [0.1, 0.15) is 46.0 Å². The minimum absolute atomic E-state index is 0.0299. The topological polar surface area (TPSA) is 80.7 Å². The second kappa shape index (κ2) is 5.38. The highest BCUT2D eigenvalue weighted by atomic mass is 16.6. The summed E-state index contributed by atoms with van der Waals surface area (Å²) in [5, 5.41) is 8.99. The van der Waals surface area contributed by atoms with Crippen molar-refractivity contribution in [2.24, 2.45) is 11.8 Å². The molecule has 3 atom stereocenters. The van der Waals surface area contributed by atoms with Gasteiger partial charge < -0.3 is 9.84 Å². The Bertz CT molecular complexity index is 479. The Kier molecular flexibility index (Phi) is 3.97. The van der Waals surface area contributed by atoms with Gasteiger partial charge in [0.25, 0.3) is 0 Å². The minimum atomic E-state index is -1.39. The molecule has 1 saturated carbocycles. The van der Waals surface area contributed by atoms with Crippen LogP contribution in [-0.4, -0.2) is 28.4 Å². The Labute approximate surface area is 118 Å². The van der Waals surface area contributed by atoms with Crippen molar-refractivity contribution in [1.82, 2.24) is 0 Å². The number of rotatable bonds is 3. The van der Waals surface area contributed by atoms with Gasteiger partial charge in [-0.2, -0.15) is 0 Å². The van der Waals surface area contributed by atoms with Crippen molar-refractivity contribution in [3.63, 3.8) is 0 Å². The fourth-order valence-electron chi connectivity index (χ4n) is 3.21. The molecule has 0 radical (unpaired) electrons. The molecule has 0 aromatic rings. The van der Waals surface area contributed by atoms with Crippen molar-refractivity contribution >= 4 is 17.7 Å². The number of carbonyl (C=O) groups is 3. The summed E-state index contributed by atoms with van der Waals surface area (Å²) in [5.74, 6) is -2.25. The summed E-state index contributed by atoms with van der Waals surface area (Å²) in [6.07, 6.45) is 4.83. The summed E-state index contributed by atoms with van der Waals surface area (Å²) in [6.45, 7) is 3.15. The first-order valence-electron chi connectivity index (χ1n) is 7.11. The lowest BCUT2D eigenvalue weighted by Gasteiger charge is -2.42. The smallest absolute Gasteiger partial charge is 0.331 e. The summed E-state index contributed by atoms with van der Waals surface area (Å²) in [7, 11) is 0. The maximum absolute atomic E-state index is 12.7. The third-order valence-electron chi connectivity index (χ3n) is 4.42. The maximum Gasteiger partial charge on any atom is 0.331 e. The number of carbonyl (C=O) groups excluding carboxylic acids is 2. The van der Waals surface area contributed by atoms with Gasteiger partial charge in [0.15, 0.2) is 11.4 Å². The van der Waals surface area contributed by atoms with Gasteiger partial charge in [-0.25, -0.2) is 4.79 Å². The molecule has 0 bridgehead atoms. The SMILES string of the molecule is CCC1(C=C(C)C(=O)O)OC(=O)C2CCCCC2C1=O. The molecule has 0 aromatic carbocycles. The number of hydrogen-bond donors (Lipinski definition) is 1. The Morgan fingerprint density at radius 3 is 2.50 bits per heavy atom. The van der Waals surface area contributed by atoms with Crippen LogP contribution in [0.4, 0.5) is 0 Å². The van der Waals surface area contributed by atoms with Gasteiger partial charge in [0, 0.05) is 11.5 Å². The molecule has 1 saturated heterocycles. The van der Waals surface area contributed by atoms with Crippen molar-refractivity contribution in [1.29, 1.82) is 0 Å². The third kappa shape index (κ3) is 2.37. The zero-order valence-electron chi connectivity index (χ0n) is 11.8. The molecule has 2 fully saturated rings. The lowest BCUT2D eigenvalue weighted by atomic mass is 9.69. The molecule has 0 amide bonds. The Hall–Kier alpha value is -1.65. The number of hydrogen-bond acceptors (Lipinski definition) is 4. The first kappa shape index (κ1) is 14.8. The van der Waals surface area contributed by atoms with E-state index in [9.17, 15) is 14.4 Å². The number of ether oxygens (including phenoxy) is 1. The number of carboxylic acids is 1. The van der Waals surface area contributed by atoms with Crippen LogP contribution in [0, 0.1) is 11.8 Å².